The Kier molecular flexibility index (Phi) is 5.28. The molecule has 2 aromatic heterocycles. The first-order chi connectivity index (χ1) is 25.4. The molecule has 0 atom stereocenters. The van der Waals surface area contributed by atoms with Crippen LogP contribution in [0.1, 0.15) is 6.85 Å². The van der Waals surface area contributed by atoms with E-state index in [1.807, 2.05) is 109 Å². The first kappa shape index (κ1) is 22.2. The van der Waals surface area contributed by atoms with Crippen LogP contribution in [0.25, 0.3) is 89.1 Å². The zero-order valence-electron chi connectivity index (χ0n) is 30.0. The van der Waals surface area contributed by atoms with Crippen molar-refractivity contribution in [3.8, 4) is 56.4 Å². The number of nitrogens with zero attached hydrogens (tertiary/aromatic N) is 3. The van der Waals surface area contributed by atoms with Gasteiger partial charge in [-0.3, -0.25) is 0 Å². The highest BCUT2D eigenvalue weighted by Gasteiger charge is 2.21. The number of rotatable bonds is 5. The van der Waals surface area contributed by atoms with Crippen LogP contribution in [0.3, 0.4) is 0 Å². The van der Waals surface area contributed by atoms with E-state index in [9.17, 15) is 0 Å². The molecule has 0 aliphatic carbocycles. The van der Waals surface area contributed by atoms with E-state index in [1.54, 1.807) is 0 Å². The van der Waals surface area contributed by atoms with Gasteiger partial charge in [0.15, 0.2) is 17.5 Å². The third kappa shape index (κ3) is 4.84. The lowest BCUT2D eigenvalue weighted by atomic mass is 9.94. The average molecular weight is 607 g/mol. The predicted molar refractivity (Wildman–Crippen MR) is 192 cm³/mol. The second-order valence-corrected chi connectivity index (χ2v) is 11.3. The lowest BCUT2D eigenvalue weighted by Gasteiger charge is -2.10. The van der Waals surface area contributed by atoms with Gasteiger partial charge in [-0.05, 0) is 51.7 Å². The molecular formula is C43H27N3O. The van der Waals surface area contributed by atoms with Crippen molar-refractivity contribution in [3.63, 3.8) is 0 Å². The summed E-state index contributed by atoms with van der Waals surface area (Å²) in [5.41, 5.74) is 5.48. The average Bonchev–Trinajstić information content (AvgIpc) is 3.59. The molecule has 47 heavy (non-hydrogen) atoms. The highest BCUT2D eigenvalue weighted by atomic mass is 16.3. The highest BCUT2D eigenvalue weighted by molar-refractivity contribution is 6.16. The molecule has 0 amide bonds. The second-order valence-electron chi connectivity index (χ2n) is 11.3. The molecule has 0 aliphatic rings. The Balaban J connectivity index is 1.37. The summed E-state index contributed by atoms with van der Waals surface area (Å²) in [6, 6.07) is 41.5. The maximum atomic E-state index is 8.91. The van der Waals surface area contributed by atoms with Crippen LogP contribution in [-0.4, -0.2) is 15.0 Å². The van der Waals surface area contributed by atoms with Gasteiger partial charge < -0.3 is 4.42 Å². The van der Waals surface area contributed by atoms with Crippen LogP contribution in [0, 0.1) is 0 Å². The zero-order chi connectivity index (χ0) is 35.5. The van der Waals surface area contributed by atoms with Gasteiger partial charge >= 0.3 is 0 Å². The number of aromatic nitrogens is 3. The second kappa shape index (κ2) is 11.2. The summed E-state index contributed by atoms with van der Waals surface area (Å²) in [7, 11) is 0. The summed E-state index contributed by atoms with van der Waals surface area (Å²) >= 11 is 0. The maximum Gasteiger partial charge on any atom is 0.164 e. The number of furan rings is 1. The number of benzene rings is 7. The molecule has 2 heterocycles. The van der Waals surface area contributed by atoms with E-state index in [0.29, 0.717) is 45.2 Å². The van der Waals surface area contributed by atoms with Gasteiger partial charge in [-0.2, -0.15) is 0 Å². The van der Waals surface area contributed by atoms with E-state index >= 15 is 0 Å². The van der Waals surface area contributed by atoms with Gasteiger partial charge in [0, 0.05) is 33.0 Å². The molecule has 0 aliphatic heterocycles. The quantitative estimate of drug-likeness (QED) is 0.196. The minimum atomic E-state index is -0.453. The predicted octanol–water partition coefficient (Wildman–Crippen LogP) is 11.3. The summed E-state index contributed by atoms with van der Waals surface area (Å²) in [5.74, 6) is 1.48. The van der Waals surface area contributed by atoms with E-state index in [-0.39, 0.29) is 17.6 Å². The molecule has 9 rings (SSSR count). The molecule has 0 bridgehead atoms. The lowest BCUT2D eigenvalue weighted by Crippen LogP contribution is -2.00. The molecule has 4 heteroatoms. The van der Waals surface area contributed by atoms with E-state index in [1.165, 1.54) is 0 Å². The fourth-order valence-corrected chi connectivity index (χ4v) is 6.15. The van der Waals surface area contributed by atoms with Crippen molar-refractivity contribution in [1.29, 1.82) is 0 Å². The van der Waals surface area contributed by atoms with Crippen LogP contribution in [0.4, 0.5) is 0 Å². The molecular weight excluding hydrogens is 574 g/mol. The smallest absolute Gasteiger partial charge is 0.164 e. The molecule has 220 valence electrons. The van der Waals surface area contributed by atoms with Crippen molar-refractivity contribution in [1.82, 2.24) is 15.0 Å². The monoisotopic (exact) mass is 606 g/mol. The van der Waals surface area contributed by atoms with E-state index in [0.717, 1.165) is 38.4 Å². The summed E-state index contributed by atoms with van der Waals surface area (Å²) in [6.45, 7) is 0. The van der Waals surface area contributed by atoms with Crippen molar-refractivity contribution in [2.24, 2.45) is 0 Å². The van der Waals surface area contributed by atoms with Crippen LogP contribution in [-0.2, 0) is 0 Å². The van der Waals surface area contributed by atoms with Crippen molar-refractivity contribution in [2.45, 2.75) is 0 Å². The normalized spacial score (nSPS) is 12.9. The first-order valence-electron chi connectivity index (χ1n) is 17.8. The van der Waals surface area contributed by atoms with Crippen molar-refractivity contribution in [2.75, 3.05) is 0 Å². The molecule has 0 fully saturated rings. The Morgan fingerprint density at radius 2 is 1.11 bits per heavy atom. The first-order valence-corrected chi connectivity index (χ1v) is 15.3. The largest absolute Gasteiger partial charge is 0.455 e. The Labute approximate surface area is 278 Å². The lowest BCUT2D eigenvalue weighted by molar-refractivity contribution is 0.670. The zero-order valence-corrected chi connectivity index (χ0v) is 25.0. The maximum absolute atomic E-state index is 8.91. The van der Waals surface area contributed by atoms with Gasteiger partial charge in [-0.15, -0.1) is 0 Å². The van der Waals surface area contributed by atoms with Crippen LogP contribution in [0.5, 0.6) is 0 Å². The number of hydrogen-bond acceptors (Lipinski definition) is 4. The summed E-state index contributed by atoms with van der Waals surface area (Å²) < 4.78 is 49.6. The Bertz CT molecular complexity index is 2770. The minimum Gasteiger partial charge on any atom is -0.455 e. The molecule has 0 radical (unpaired) electrons. The number of fused-ring (bicyclic) bond motifs is 4. The molecule has 0 saturated carbocycles. The van der Waals surface area contributed by atoms with Crippen molar-refractivity contribution < 1.29 is 11.3 Å². The van der Waals surface area contributed by atoms with Gasteiger partial charge in [0.1, 0.15) is 11.2 Å². The summed E-state index contributed by atoms with van der Waals surface area (Å²) in [4.78, 5) is 14.9. The third-order valence-electron chi connectivity index (χ3n) is 8.39. The molecule has 9 aromatic rings. The molecule has 0 saturated heterocycles. The summed E-state index contributed by atoms with van der Waals surface area (Å²) in [6.07, 6.45) is 0. The molecule has 0 unspecified atom stereocenters. The van der Waals surface area contributed by atoms with Gasteiger partial charge in [0.05, 0.1) is 6.85 Å². The van der Waals surface area contributed by atoms with Crippen molar-refractivity contribution in [3.05, 3.63) is 164 Å². The van der Waals surface area contributed by atoms with Gasteiger partial charge in [-0.25, -0.2) is 15.0 Å². The van der Waals surface area contributed by atoms with E-state index in [2.05, 4.69) is 24.3 Å². The van der Waals surface area contributed by atoms with Crippen LogP contribution in [0.15, 0.2) is 168 Å². The molecule has 0 N–H and O–H groups in total. The van der Waals surface area contributed by atoms with Gasteiger partial charge in [0.2, 0.25) is 0 Å². The van der Waals surface area contributed by atoms with Crippen LogP contribution < -0.4 is 0 Å². The SMILES string of the molecule is [2H]c1c([2H])c([2H])c(-c2cc(-c3ccc4ccccc4c3)cc3c2oc2cccc(-c4nc(-c5ccccc5)nc(-c5ccccc5)n4)c23)c([2H])c1[2H]. The Morgan fingerprint density at radius 3 is 1.83 bits per heavy atom. The molecule has 7 aromatic carbocycles. The molecule has 0 spiro atoms. The van der Waals surface area contributed by atoms with Gasteiger partial charge in [-0.1, -0.05) is 139 Å². The third-order valence-corrected chi connectivity index (χ3v) is 8.39. The van der Waals surface area contributed by atoms with E-state index < -0.39 is 18.1 Å². The minimum absolute atomic E-state index is 0.0668. The number of hydrogen-bond donors (Lipinski definition) is 0. The Morgan fingerprint density at radius 1 is 0.447 bits per heavy atom. The summed E-state index contributed by atoms with van der Waals surface area (Å²) in [5, 5.41) is 3.57. The molecule has 4 nitrogen and oxygen atoms in total. The van der Waals surface area contributed by atoms with E-state index in [4.69, 9.17) is 26.2 Å². The van der Waals surface area contributed by atoms with Crippen LogP contribution >= 0.6 is 0 Å². The topological polar surface area (TPSA) is 51.8 Å². The fraction of sp³-hybridized carbons (Fsp3) is 0. The van der Waals surface area contributed by atoms with Crippen LogP contribution in [0.2, 0.25) is 0 Å². The standard InChI is InChI=1S/C43H27N3O/c1-4-14-29(15-5-1)36-26-34(33-24-23-28-13-10-11-20-32(28)25-33)27-37-39-35(21-12-22-38(39)47-40(36)37)43-45-41(30-16-6-2-7-17-30)44-42(46-43)31-18-8-3-9-19-31/h1-27H/i1D,4D,5D,14D,15D. The fourth-order valence-electron chi connectivity index (χ4n) is 6.15. The Hall–Kier alpha value is -6.39. The van der Waals surface area contributed by atoms with Gasteiger partial charge in [0.25, 0.3) is 0 Å². The van der Waals surface area contributed by atoms with Crippen molar-refractivity contribution >= 4 is 32.7 Å². The highest BCUT2D eigenvalue weighted by Crippen LogP contribution is 2.43.